The molecular weight excluding hydrogens is 544 g/mol. The molecule has 40 heavy (non-hydrogen) atoms. The molecule has 208 valence electrons. The minimum atomic E-state index is -0.934. The van der Waals surface area contributed by atoms with Gasteiger partial charge in [0.05, 0.1) is 27.2 Å². The number of hydrogen-bond acceptors (Lipinski definition) is 8. The van der Waals surface area contributed by atoms with E-state index in [2.05, 4.69) is 33.2 Å². The lowest BCUT2D eigenvalue weighted by molar-refractivity contribution is -0.167. The molecule has 2 unspecified atom stereocenters. The van der Waals surface area contributed by atoms with E-state index in [4.69, 9.17) is 11.6 Å². The van der Waals surface area contributed by atoms with E-state index in [-0.39, 0.29) is 6.04 Å². The van der Waals surface area contributed by atoms with Gasteiger partial charge in [0.1, 0.15) is 6.23 Å². The molecule has 2 aliphatic heterocycles. The third-order valence-corrected chi connectivity index (χ3v) is 9.48. The number of nitrogens with zero attached hydrogens (tertiary/aromatic N) is 5. The van der Waals surface area contributed by atoms with Crippen LogP contribution in [0.5, 0.6) is 0 Å². The Hall–Kier alpha value is -2.97. The molecule has 2 atom stereocenters. The van der Waals surface area contributed by atoms with Crippen LogP contribution in [0.1, 0.15) is 31.6 Å². The molecule has 0 saturated carbocycles. The van der Waals surface area contributed by atoms with Gasteiger partial charge < -0.3 is 25.0 Å². The number of hydrogen-bond donors (Lipinski definition) is 3. The number of nitrogens with one attached hydrogen (secondary N) is 1. The minimum Gasteiger partial charge on any atom is -0.374 e. The van der Waals surface area contributed by atoms with E-state index in [1.165, 1.54) is 0 Å². The van der Waals surface area contributed by atoms with Crippen molar-refractivity contribution in [2.24, 2.45) is 5.41 Å². The standard InChI is InChI=1S/C30H33ClN6O2S/c1-19(2)36-12-5-26(38)37(29(36)39)16-22-15-25-28(40-22)23(3-8-34-25)24-14-21(31)13-20-4-11-35(27(20)24)18-30(17-32)6-9-33-10-7-30/h3-5,8,11-15,19,26,29,33,38-39H,6-7,9-10,16,18H2,1-2H3. The number of thiophene rings is 1. The third kappa shape index (κ3) is 4.90. The van der Waals surface area contributed by atoms with Gasteiger partial charge in [0.2, 0.25) is 0 Å². The van der Waals surface area contributed by atoms with Crippen LogP contribution >= 0.6 is 22.9 Å². The lowest BCUT2D eigenvalue weighted by atomic mass is 9.80. The number of benzene rings is 1. The van der Waals surface area contributed by atoms with Crippen molar-refractivity contribution in [2.75, 3.05) is 13.1 Å². The summed E-state index contributed by atoms with van der Waals surface area (Å²) in [6, 6.07) is 12.8. The first kappa shape index (κ1) is 27.2. The second-order valence-electron chi connectivity index (χ2n) is 11.1. The molecule has 10 heteroatoms. The van der Waals surface area contributed by atoms with Gasteiger partial charge in [-0.05, 0) is 76.2 Å². The summed E-state index contributed by atoms with van der Waals surface area (Å²) < 4.78 is 3.23. The average Bonchev–Trinajstić information content (AvgIpc) is 3.54. The molecule has 3 N–H and O–H groups in total. The van der Waals surface area contributed by atoms with Crippen LogP contribution in [0.4, 0.5) is 0 Å². The van der Waals surface area contributed by atoms with Crippen LogP contribution in [-0.2, 0) is 13.1 Å². The fraction of sp³-hybridized carbons (Fsp3) is 0.400. The highest BCUT2D eigenvalue weighted by Gasteiger charge is 2.34. The molecule has 1 aromatic carbocycles. The Morgan fingerprint density at radius 1 is 1.20 bits per heavy atom. The molecule has 1 saturated heterocycles. The first-order valence-corrected chi connectivity index (χ1v) is 14.8. The molecule has 0 bridgehead atoms. The lowest BCUT2D eigenvalue weighted by Gasteiger charge is -2.42. The van der Waals surface area contributed by atoms with Gasteiger partial charge in [-0.3, -0.25) is 4.98 Å². The van der Waals surface area contributed by atoms with E-state index in [0.717, 1.165) is 63.1 Å². The van der Waals surface area contributed by atoms with Crippen LogP contribution in [0.15, 0.2) is 55.0 Å². The first-order valence-electron chi connectivity index (χ1n) is 13.6. The number of nitriles is 1. The van der Waals surface area contributed by atoms with Crippen LogP contribution < -0.4 is 5.32 Å². The van der Waals surface area contributed by atoms with E-state index in [1.54, 1.807) is 28.5 Å². The van der Waals surface area contributed by atoms with Gasteiger partial charge >= 0.3 is 0 Å². The average molecular weight is 577 g/mol. The summed E-state index contributed by atoms with van der Waals surface area (Å²) in [6.45, 7) is 6.70. The van der Waals surface area contributed by atoms with Crippen LogP contribution in [0, 0.1) is 16.7 Å². The fourth-order valence-corrected chi connectivity index (χ4v) is 7.31. The van der Waals surface area contributed by atoms with E-state index >= 15 is 0 Å². The molecular formula is C30H33ClN6O2S. The summed E-state index contributed by atoms with van der Waals surface area (Å²) in [4.78, 5) is 9.11. The van der Waals surface area contributed by atoms with Crippen molar-refractivity contribution in [2.45, 2.75) is 58.4 Å². The van der Waals surface area contributed by atoms with Crippen LogP contribution in [-0.4, -0.2) is 61.3 Å². The molecule has 2 aliphatic rings. The van der Waals surface area contributed by atoms with Gasteiger partial charge in [-0.25, -0.2) is 4.90 Å². The smallest absolute Gasteiger partial charge is 0.188 e. The minimum absolute atomic E-state index is 0.0865. The third-order valence-electron chi connectivity index (χ3n) is 8.12. The van der Waals surface area contributed by atoms with Gasteiger partial charge in [0.15, 0.2) is 6.35 Å². The first-order chi connectivity index (χ1) is 19.3. The van der Waals surface area contributed by atoms with Crippen molar-refractivity contribution in [3.8, 4) is 17.2 Å². The number of aliphatic hydroxyl groups is 2. The summed E-state index contributed by atoms with van der Waals surface area (Å²) in [6.07, 6.45) is 7.13. The normalized spacial score (nSPS) is 21.5. The van der Waals surface area contributed by atoms with Gasteiger partial charge in [-0.15, -0.1) is 11.3 Å². The second-order valence-corrected chi connectivity index (χ2v) is 12.7. The molecule has 8 nitrogen and oxygen atoms in total. The molecule has 0 spiro atoms. The Balaban J connectivity index is 1.41. The zero-order valence-corrected chi connectivity index (χ0v) is 24.2. The summed E-state index contributed by atoms with van der Waals surface area (Å²) in [5.41, 5.74) is 3.52. The van der Waals surface area contributed by atoms with Gasteiger partial charge in [0, 0.05) is 64.1 Å². The Labute approximate surface area is 242 Å². The number of pyridine rings is 1. The summed E-state index contributed by atoms with van der Waals surface area (Å²) in [5.74, 6) is 0. The maximum Gasteiger partial charge on any atom is 0.188 e. The molecule has 6 rings (SSSR count). The number of piperidine rings is 1. The lowest BCUT2D eigenvalue weighted by Crippen LogP contribution is -2.54. The maximum absolute atomic E-state index is 11.0. The van der Waals surface area contributed by atoms with Crippen LogP contribution in [0.25, 0.3) is 32.2 Å². The maximum atomic E-state index is 11.0. The zero-order valence-electron chi connectivity index (χ0n) is 22.6. The molecule has 5 heterocycles. The van der Waals surface area contributed by atoms with Crippen LogP contribution in [0.2, 0.25) is 5.02 Å². The Bertz CT molecular complexity index is 1620. The molecule has 4 aromatic rings. The number of aliphatic hydroxyl groups excluding tert-OH is 2. The van der Waals surface area contributed by atoms with E-state index in [9.17, 15) is 15.5 Å². The number of halogens is 1. The highest BCUT2D eigenvalue weighted by molar-refractivity contribution is 7.19. The highest BCUT2D eigenvalue weighted by atomic mass is 35.5. The van der Waals surface area contributed by atoms with E-state index < -0.39 is 18.0 Å². The molecule has 3 aromatic heterocycles. The van der Waals surface area contributed by atoms with Gasteiger partial charge in [0.25, 0.3) is 0 Å². The SMILES string of the molecule is CC(C)N1C=CC(O)N(Cc2cc3nccc(-c4cc(Cl)cc5ccn(CC6(C#N)CCNCC6)c45)c3s2)C1O. The summed E-state index contributed by atoms with van der Waals surface area (Å²) in [5, 5.41) is 36.8. The topological polar surface area (TPSA) is 101 Å². The van der Waals surface area contributed by atoms with Crippen molar-refractivity contribution >= 4 is 44.1 Å². The fourth-order valence-electron chi connectivity index (χ4n) is 5.93. The van der Waals surface area contributed by atoms with E-state index in [0.29, 0.717) is 18.1 Å². The van der Waals surface area contributed by atoms with Crippen molar-refractivity contribution in [3.05, 3.63) is 64.9 Å². The molecule has 0 amide bonds. The predicted octanol–water partition coefficient (Wildman–Crippen LogP) is 5.10. The second kappa shape index (κ2) is 10.8. The van der Waals surface area contributed by atoms with Crippen LogP contribution in [0.3, 0.4) is 0 Å². The van der Waals surface area contributed by atoms with Crippen molar-refractivity contribution in [1.29, 1.82) is 5.26 Å². The Morgan fingerprint density at radius 2 is 2.00 bits per heavy atom. The number of fused-ring (bicyclic) bond motifs is 2. The number of rotatable bonds is 6. The van der Waals surface area contributed by atoms with Gasteiger partial charge in [-0.1, -0.05) is 11.6 Å². The molecule has 0 radical (unpaired) electrons. The van der Waals surface area contributed by atoms with Crippen molar-refractivity contribution < 1.29 is 10.2 Å². The largest absolute Gasteiger partial charge is 0.374 e. The monoisotopic (exact) mass is 576 g/mol. The molecule has 1 fully saturated rings. The molecule has 0 aliphatic carbocycles. The predicted molar refractivity (Wildman–Crippen MR) is 159 cm³/mol. The zero-order chi connectivity index (χ0) is 28.0. The Kier molecular flexibility index (Phi) is 7.34. The summed E-state index contributed by atoms with van der Waals surface area (Å²) in [7, 11) is 0. The van der Waals surface area contributed by atoms with E-state index in [1.807, 2.05) is 49.2 Å². The van der Waals surface area contributed by atoms with Gasteiger partial charge in [-0.2, -0.15) is 5.26 Å². The van der Waals surface area contributed by atoms with Crippen molar-refractivity contribution in [1.82, 2.24) is 24.7 Å². The summed E-state index contributed by atoms with van der Waals surface area (Å²) >= 11 is 8.24. The quantitative estimate of drug-likeness (QED) is 0.294. The van der Waals surface area contributed by atoms with Crippen molar-refractivity contribution in [3.63, 3.8) is 0 Å². The highest BCUT2D eigenvalue weighted by Crippen LogP contribution is 2.41. The Morgan fingerprint density at radius 3 is 2.75 bits per heavy atom. The number of aromatic nitrogens is 2.